The Morgan fingerprint density at radius 2 is 1.83 bits per heavy atom. The fourth-order valence-electron chi connectivity index (χ4n) is 3.32. The molecule has 0 aliphatic carbocycles. The van der Waals surface area contributed by atoms with Crippen molar-refractivity contribution >= 4 is 5.91 Å². The first kappa shape index (κ1) is 18.7. The average Bonchev–Trinajstić information content (AvgIpc) is 2.63. The Morgan fingerprint density at radius 3 is 2.33 bits per heavy atom. The molecule has 2 unspecified atom stereocenters. The van der Waals surface area contributed by atoms with E-state index in [2.05, 4.69) is 11.8 Å². The largest absolute Gasteiger partial charge is 0.497 e. The molecular weight excluding hydrogens is 304 g/mol. The summed E-state index contributed by atoms with van der Waals surface area (Å²) in [4.78, 5) is 16.9. The summed E-state index contributed by atoms with van der Waals surface area (Å²) >= 11 is 0. The van der Waals surface area contributed by atoms with Crippen molar-refractivity contribution in [3.63, 3.8) is 0 Å². The fourth-order valence-corrected chi connectivity index (χ4v) is 3.32. The maximum atomic E-state index is 12.7. The van der Waals surface area contributed by atoms with E-state index in [0.29, 0.717) is 0 Å². The molecule has 0 radical (unpaired) electrons. The van der Waals surface area contributed by atoms with Crippen molar-refractivity contribution in [3.05, 3.63) is 29.8 Å². The van der Waals surface area contributed by atoms with Gasteiger partial charge in [0, 0.05) is 38.1 Å². The van der Waals surface area contributed by atoms with Crippen LogP contribution in [0.2, 0.25) is 0 Å². The SMILES string of the molecule is CCC(CO)N1CCN(C(=O)C(C)Cc2ccc(OC)cc2)CC1. The van der Waals surface area contributed by atoms with Crippen LogP contribution in [0, 0.1) is 5.92 Å². The highest BCUT2D eigenvalue weighted by Crippen LogP contribution is 2.17. The highest BCUT2D eigenvalue weighted by Gasteiger charge is 2.27. The van der Waals surface area contributed by atoms with Gasteiger partial charge in [0.05, 0.1) is 13.7 Å². The Hall–Kier alpha value is -1.59. The third kappa shape index (κ3) is 4.71. The van der Waals surface area contributed by atoms with E-state index < -0.39 is 0 Å². The van der Waals surface area contributed by atoms with Gasteiger partial charge in [-0.05, 0) is 30.5 Å². The van der Waals surface area contributed by atoms with Gasteiger partial charge in [-0.2, -0.15) is 0 Å². The van der Waals surface area contributed by atoms with Crippen LogP contribution < -0.4 is 4.74 Å². The van der Waals surface area contributed by atoms with Crippen LogP contribution in [0.4, 0.5) is 0 Å². The number of aliphatic hydroxyl groups is 1. The smallest absolute Gasteiger partial charge is 0.225 e. The first-order valence-electron chi connectivity index (χ1n) is 8.85. The molecule has 1 saturated heterocycles. The van der Waals surface area contributed by atoms with E-state index in [4.69, 9.17) is 4.74 Å². The highest BCUT2D eigenvalue weighted by molar-refractivity contribution is 5.79. The van der Waals surface area contributed by atoms with Crippen molar-refractivity contribution < 1.29 is 14.6 Å². The number of ether oxygens (including phenoxy) is 1. The van der Waals surface area contributed by atoms with Crippen LogP contribution in [-0.4, -0.2) is 66.8 Å². The third-order valence-electron chi connectivity index (χ3n) is 4.95. The number of carbonyl (C=O) groups is 1. The monoisotopic (exact) mass is 334 g/mol. The van der Waals surface area contributed by atoms with Gasteiger partial charge >= 0.3 is 0 Å². The zero-order valence-corrected chi connectivity index (χ0v) is 15.1. The van der Waals surface area contributed by atoms with Crippen LogP contribution in [0.3, 0.4) is 0 Å². The summed E-state index contributed by atoms with van der Waals surface area (Å²) in [6.07, 6.45) is 1.69. The van der Waals surface area contributed by atoms with Gasteiger partial charge in [0.25, 0.3) is 0 Å². The molecule has 1 aliphatic rings. The van der Waals surface area contributed by atoms with Crippen LogP contribution in [0.1, 0.15) is 25.8 Å². The minimum absolute atomic E-state index is 0.0234. The van der Waals surface area contributed by atoms with Crippen molar-refractivity contribution in [2.45, 2.75) is 32.7 Å². The van der Waals surface area contributed by atoms with Crippen molar-refractivity contribution in [1.82, 2.24) is 9.80 Å². The second kappa shape index (κ2) is 9.04. The second-order valence-electron chi connectivity index (χ2n) is 6.56. The summed E-state index contributed by atoms with van der Waals surface area (Å²) in [7, 11) is 1.65. The van der Waals surface area contributed by atoms with Crippen LogP contribution in [0.15, 0.2) is 24.3 Å². The standard InChI is InChI=1S/C19H30N2O3/c1-4-17(14-22)20-9-11-21(12-10-20)19(23)15(2)13-16-5-7-18(24-3)8-6-16/h5-8,15,17,22H,4,9-14H2,1-3H3. The molecule has 1 aliphatic heterocycles. The Labute approximate surface area is 145 Å². The lowest BCUT2D eigenvalue weighted by Crippen LogP contribution is -2.53. The van der Waals surface area contributed by atoms with E-state index in [0.717, 1.165) is 50.3 Å². The predicted octanol–water partition coefficient (Wildman–Crippen LogP) is 1.79. The Kier molecular flexibility index (Phi) is 7.06. The normalized spacial score (nSPS) is 18.2. The lowest BCUT2D eigenvalue weighted by atomic mass is 9.99. The molecule has 5 nitrogen and oxygen atoms in total. The zero-order chi connectivity index (χ0) is 17.5. The van der Waals surface area contributed by atoms with Crippen LogP contribution in [0.25, 0.3) is 0 Å². The molecule has 0 spiro atoms. The summed E-state index contributed by atoms with van der Waals surface area (Å²) in [5, 5.41) is 9.41. The number of benzene rings is 1. The summed E-state index contributed by atoms with van der Waals surface area (Å²) < 4.78 is 5.17. The first-order chi connectivity index (χ1) is 11.6. The molecule has 2 atom stereocenters. The third-order valence-corrected chi connectivity index (χ3v) is 4.95. The number of nitrogens with zero attached hydrogens (tertiary/aromatic N) is 2. The number of aliphatic hydroxyl groups excluding tert-OH is 1. The maximum Gasteiger partial charge on any atom is 0.225 e. The Bertz CT molecular complexity index is 506. The van der Waals surface area contributed by atoms with Gasteiger partial charge in [0.2, 0.25) is 5.91 Å². The van der Waals surface area contributed by atoms with Crippen LogP contribution >= 0.6 is 0 Å². The van der Waals surface area contributed by atoms with E-state index in [1.807, 2.05) is 36.1 Å². The molecule has 1 aromatic carbocycles. The van der Waals surface area contributed by atoms with E-state index in [-0.39, 0.29) is 24.5 Å². The Morgan fingerprint density at radius 1 is 1.21 bits per heavy atom. The molecule has 134 valence electrons. The number of rotatable bonds is 7. The van der Waals surface area contributed by atoms with Gasteiger partial charge in [-0.25, -0.2) is 0 Å². The van der Waals surface area contributed by atoms with Crippen molar-refractivity contribution in [2.24, 2.45) is 5.92 Å². The molecule has 24 heavy (non-hydrogen) atoms. The van der Waals surface area contributed by atoms with Gasteiger partial charge in [-0.3, -0.25) is 9.69 Å². The van der Waals surface area contributed by atoms with Gasteiger partial charge < -0.3 is 14.7 Å². The van der Waals surface area contributed by atoms with Crippen LogP contribution in [0.5, 0.6) is 5.75 Å². The van der Waals surface area contributed by atoms with E-state index in [1.54, 1.807) is 7.11 Å². The molecule has 1 heterocycles. The molecule has 5 heteroatoms. The van der Waals surface area contributed by atoms with E-state index >= 15 is 0 Å². The minimum Gasteiger partial charge on any atom is -0.497 e. The van der Waals surface area contributed by atoms with Crippen molar-refractivity contribution in [2.75, 3.05) is 39.9 Å². The molecule has 1 aromatic rings. The average molecular weight is 334 g/mol. The molecule has 0 saturated carbocycles. The fraction of sp³-hybridized carbons (Fsp3) is 0.632. The van der Waals surface area contributed by atoms with Gasteiger partial charge in [-0.1, -0.05) is 26.0 Å². The molecule has 0 aromatic heterocycles. The van der Waals surface area contributed by atoms with Gasteiger partial charge in [0.1, 0.15) is 5.75 Å². The summed E-state index contributed by atoms with van der Waals surface area (Å²) in [6.45, 7) is 7.49. The van der Waals surface area contributed by atoms with E-state index in [9.17, 15) is 9.90 Å². The second-order valence-corrected chi connectivity index (χ2v) is 6.56. The van der Waals surface area contributed by atoms with Crippen molar-refractivity contribution in [3.8, 4) is 5.75 Å². The number of amides is 1. The van der Waals surface area contributed by atoms with Crippen molar-refractivity contribution in [1.29, 1.82) is 0 Å². The number of hydrogen-bond acceptors (Lipinski definition) is 4. The molecule has 2 rings (SSSR count). The maximum absolute atomic E-state index is 12.7. The molecule has 1 N–H and O–H groups in total. The number of carbonyl (C=O) groups excluding carboxylic acids is 1. The highest BCUT2D eigenvalue weighted by atomic mass is 16.5. The first-order valence-corrected chi connectivity index (χ1v) is 8.85. The molecule has 0 bridgehead atoms. The molecular formula is C19H30N2O3. The number of methoxy groups -OCH3 is 1. The van der Waals surface area contributed by atoms with Gasteiger partial charge in [-0.15, -0.1) is 0 Å². The summed E-state index contributed by atoms with van der Waals surface area (Å²) in [6, 6.07) is 8.14. The predicted molar refractivity (Wildman–Crippen MR) is 95.2 cm³/mol. The topological polar surface area (TPSA) is 53.0 Å². The summed E-state index contributed by atoms with van der Waals surface area (Å²) in [5.41, 5.74) is 1.15. The lowest BCUT2D eigenvalue weighted by molar-refractivity contribution is -0.137. The number of hydrogen-bond donors (Lipinski definition) is 1. The Balaban J connectivity index is 1.85. The number of piperazine rings is 1. The zero-order valence-electron chi connectivity index (χ0n) is 15.1. The molecule has 1 amide bonds. The van der Waals surface area contributed by atoms with E-state index in [1.165, 1.54) is 0 Å². The molecule has 1 fully saturated rings. The minimum atomic E-state index is -0.0234. The van der Waals surface area contributed by atoms with Gasteiger partial charge in [0.15, 0.2) is 0 Å². The summed E-state index contributed by atoms with van der Waals surface area (Å²) in [5.74, 6) is 1.04. The lowest BCUT2D eigenvalue weighted by Gasteiger charge is -2.39. The quantitative estimate of drug-likeness (QED) is 0.826. The van der Waals surface area contributed by atoms with Crippen LogP contribution in [-0.2, 0) is 11.2 Å².